The minimum Gasteiger partial charge on any atom is -0.338 e. The van der Waals surface area contributed by atoms with Crippen LogP contribution in [0.3, 0.4) is 0 Å². The van der Waals surface area contributed by atoms with Gasteiger partial charge in [0.25, 0.3) is 0 Å². The highest BCUT2D eigenvalue weighted by atomic mass is 35.5. The number of fused-ring (bicyclic) bond motifs is 1. The van der Waals surface area contributed by atoms with E-state index in [-0.39, 0.29) is 0 Å². The molecule has 0 aliphatic rings. The normalized spacial score (nSPS) is 10.6. The minimum atomic E-state index is 0.525. The monoisotopic (exact) mass is 246 g/mol. The van der Waals surface area contributed by atoms with E-state index in [0.29, 0.717) is 22.0 Å². The maximum absolute atomic E-state index is 5.81. The zero-order chi connectivity index (χ0) is 11.7. The number of H-pyrrole nitrogens is 1. The largest absolute Gasteiger partial charge is 0.338 e. The second-order valence-electron chi connectivity index (χ2n) is 3.35. The predicted molar refractivity (Wildman–Crippen MR) is 64.2 cm³/mol. The van der Waals surface area contributed by atoms with Crippen molar-refractivity contribution < 1.29 is 0 Å². The molecule has 0 atom stereocenters. The number of anilines is 2. The van der Waals surface area contributed by atoms with Gasteiger partial charge in [0.15, 0.2) is 11.3 Å². The van der Waals surface area contributed by atoms with Gasteiger partial charge in [-0.25, -0.2) is 9.97 Å². The van der Waals surface area contributed by atoms with E-state index in [2.05, 4.69) is 30.7 Å². The summed E-state index contributed by atoms with van der Waals surface area (Å²) >= 11 is 5.81. The first-order valence-electron chi connectivity index (χ1n) is 4.87. The van der Waals surface area contributed by atoms with Crippen LogP contribution in [-0.2, 0) is 0 Å². The Labute approximate surface area is 101 Å². The van der Waals surface area contributed by atoms with E-state index in [4.69, 9.17) is 11.6 Å². The van der Waals surface area contributed by atoms with Gasteiger partial charge in [0.05, 0.1) is 0 Å². The van der Waals surface area contributed by atoms with Crippen LogP contribution in [0.1, 0.15) is 0 Å². The first-order chi connectivity index (χ1) is 8.33. The van der Waals surface area contributed by atoms with E-state index in [1.54, 1.807) is 12.1 Å². The van der Waals surface area contributed by atoms with Gasteiger partial charge in [-0.05, 0) is 24.3 Å². The first kappa shape index (κ1) is 9.98. The van der Waals surface area contributed by atoms with Crippen molar-refractivity contribution >= 4 is 34.3 Å². The Morgan fingerprint density at radius 2 is 1.88 bits per heavy atom. The average molecular weight is 247 g/mol. The fraction of sp³-hybridized carbons (Fsp3) is 0. The van der Waals surface area contributed by atoms with Crippen LogP contribution in [0.15, 0.2) is 30.6 Å². The average Bonchev–Trinajstić information content (AvgIpc) is 2.81. The van der Waals surface area contributed by atoms with Crippen LogP contribution < -0.4 is 5.32 Å². The molecule has 6 nitrogen and oxygen atoms in total. The number of aromatic nitrogens is 5. The number of aromatic amines is 1. The maximum Gasteiger partial charge on any atom is 0.206 e. The molecule has 0 unspecified atom stereocenters. The molecule has 0 amide bonds. The summed E-state index contributed by atoms with van der Waals surface area (Å²) in [6, 6.07) is 7.31. The topological polar surface area (TPSA) is 79.4 Å². The molecule has 2 N–H and O–H groups in total. The Hall–Kier alpha value is -2.21. The lowest BCUT2D eigenvalue weighted by Gasteiger charge is -2.04. The Kier molecular flexibility index (Phi) is 2.34. The van der Waals surface area contributed by atoms with Gasteiger partial charge in [-0.15, -0.1) is 5.10 Å². The number of nitrogens with one attached hydrogen (secondary N) is 2. The fourth-order valence-electron chi connectivity index (χ4n) is 1.44. The number of hydrogen-bond acceptors (Lipinski definition) is 5. The predicted octanol–water partition coefficient (Wildman–Crippen LogP) is 2.14. The lowest BCUT2D eigenvalue weighted by molar-refractivity contribution is 0.954. The van der Waals surface area contributed by atoms with Gasteiger partial charge in [-0.3, -0.25) is 0 Å². The van der Waals surface area contributed by atoms with Crippen molar-refractivity contribution in [2.75, 3.05) is 5.32 Å². The van der Waals surface area contributed by atoms with Gasteiger partial charge in [0.2, 0.25) is 5.65 Å². The highest BCUT2D eigenvalue weighted by Gasteiger charge is 2.07. The van der Waals surface area contributed by atoms with Crippen LogP contribution in [0.4, 0.5) is 11.5 Å². The summed E-state index contributed by atoms with van der Waals surface area (Å²) in [5, 5.41) is 14.2. The van der Waals surface area contributed by atoms with Gasteiger partial charge in [0.1, 0.15) is 6.33 Å². The van der Waals surface area contributed by atoms with Crippen molar-refractivity contribution in [3.05, 3.63) is 35.6 Å². The second kappa shape index (κ2) is 3.99. The third kappa shape index (κ3) is 1.90. The van der Waals surface area contributed by atoms with E-state index < -0.39 is 0 Å². The first-order valence-corrected chi connectivity index (χ1v) is 5.25. The van der Waals surface area contributed by atoms with Gasteiger partial charge in [0, 0.05) is 10.7 Å². The molecule has 3 aromatic rings. The summed E-state index contributed by atoms with van der Waals surface area (Å²) < 4.78 is 0. The zero-order valence-corrected chi connectivity index (χ0v) is 9.31. The Morgan fingerprint density at radius 3 is 2.71 bits per heavy atom. The lowest BCUT2D eigenvalue weighted by Crippen LogP contribution is -1.95. The lowest BCUT2D eigenvalue weighted by atomic mass is 10.3. The molecular formula is C10H7ClN6. The highest BCUT2D eigenvalue weighted by molar-refractivity contribution is 6.30. The summed E-state index contributed by atoms with van der Waals surface area (Å²) in [5.41, 5.74) is 2.00. The van der Waals surface area contributed by atoms with Gasteiger partial charge < -0.3 is 5.32 Å². The molecule has 2 aromatic heterocycles. The summed E-state index contributed by atoms with van der Waals surface area (Å²) in [5.74, 6) is 0.603. The molecule has 0 bridgehead atoms. The molecule has 2 heterocycles. The molecule has 7 heteroatoms. The van der Waals surface area contributed by atoms with E-state index in [1.807, 2.05) is 12.1 Å². The van der Waals surface area contributed by atoms with Gasteiger partial charge in [-0.2, -0.15) is 10.3 Å². The van der Waals surface area contributed by atoms with E-state index >= 15 is 0 Å². The van der Waals surface area contributed by atoms with Crippen LogP contribution in [0.25, 0.3) is 11.2 Å². The number of benzene rings is 1. The molecule has 0 aliphatic heterocycles. The fourth-order valence-corrected chi connectivity index (χ4v) is 1.56. The number of halogens is 1. The highest BCUT2D eigenvalue weighted by Crippen LogP contribution is 2.20. The number of nitrogens with zero attached hydrogens (tertiary/aromatic N) is 4. The van der Waals surface area contributed by atoms with Crippen LogP contribution in [0, 0.1) is 0 Å². The molecule has 17 heavy (non-hydrogen) atoms. The Morgan fingerprint density at radius 1 is 1.06 bits per heavy atom. The minimum absolute atomic E-state index is 0.525. The maximum atomic E-state index is 5.81. The molecule has 0 spiro atoms. The second-order valence-corrected chi connectivity index (χ2v) is 3.79. The molecule has 3 rings (SSSR count). The quantitative estimate of drug-likeness (QED) is 0.724. The third-order valence-corrected chi connectivity index (χ3v) is 2.48. The Bertz CT molecular complexity index is 647. The number of hydrogen-bond donors (Lipinski definition) is 2. The SMILES string of the molecule is Clc1ccc(Nc2ncnc3n[nH]nc23)cc1. The van der Waals surface area contributed by atoms with Crippen molar-refractivity contribution in [1.29, 1.82) is 0 Å². The van der Waals surface area contributed by atoms with E-state index in [9.17, 15) is 0 Å². The van der Waals surface area contributed by atoms with Crippen LogP contribution >= 0.6 is 11.6 Å². The molecule has 0 radical (unpaired) electrons. The molecule has 0 saturated heterocycles. The molecule has 0 fully saturated rings. The van der Waals surface area contributed by atoms with Gasteiger partial charge >= 0.3 is 0 Å². The van der Waals surface area contributed by atoms with Crippen LogP contribution in [0.5, 0.6) is 0 Å². The van der Waals surface area contributed by atoms with Crippen molar-refractivity contribution in [3.63, 3.8) is 0 Å². The summed E-state index contributed by atoms with van der Waals surface area (Å²) in [7, 11) is 0. The standard InChI is InChI=1S/C10H7ClN6/c11-6-1-3-7(4-2-6)14-9-8-10(13-5-12-9)16-17-15-8/h1-5H,(H2,12,13,14,15,16,17). The summed E-state index contributed by atoms with van der Waals surface area (Å²) in [4.78, 5) is 8.10. The number of rotatable bonds is 2. The molecule has 84 valence electrons. The van der Waals surface area contributed by atoms with Gasteiger partial charge in [-0.1, -0.05) is 11.6 Å². The van der Waals surface area contributed by atoms with Crippen LogP contribution in [0.2, 0.25) is 5.02 Å². The zero-order valence-electron chi connectivity index (χ0n) is 8.55. The van der Waals surface area contributed by atoms with Crippen molar-refractivity contribution in [3.8, 4) is 0 Å². The van der Waals surface area contributed by atoms with Crippen molar-refractivity contribution in [2.24, 2.45) is 0 Å². The molecular weight excluding hydrogens is 240 g/mol. The molecule has 0 saturated carbocycles. The van der Waals surface area contributed by atoms with E-state index in [1.165, 1.54) is 6.33 Å². The summed E-state index contributed by atoms with van der Waals surface area (Å²) in [6.45, 7) is 0. The molecule has 1 aromatic carbocycles. The van der Waals surface area contributed by atoms with Crippen molar-refractivity contribution in [2.45, 2.75) is 0 Å². The Balaban J connectivity index is 1.99. The summed E-state index contributed by atoms with van der Waals surface area (Å²) in [6.07, 6.45) is 1.43. The smallest absolute Gasteiger partial charge is 0.206 e. The van der Waals surface area contributed by atoms with Crippen LogP contribution in [-0.4, -0.2) is 25.4 Å². The molecule has 0 aliphatic carbocycles. The van der Waals surface area contributed by atoms with E-state index in [0.717, 1.165) is 5.69 Å². The third-order valence-electron chi connectivity index (χ3n) is 2.23. The van der Waals surface area contributed by atoms with Crippen molar-refractivity contribution in [1.82, 2.24) is 25.4 Å².